The Labute approximate surface area is 97.2 Å². The lowest BCUT2D eigenvalue weighted by Crippen LogP contribution is -2.14. The van der Waals surface area contributed by atoms with Gasteiger partial charge in [-0.2, -0.15) is 0 Å². The Kier molecular flexibility index (Phi) is 4.85. The number of halogens is 1. The number of nitrogens with two attached hydrogens (primary N) is 1. The van der Waals surface area contributed by atoms with E-state index in [1.54, 1.807) is 0 Å². The van der Waals surface area contributed by atoms with Crippen LogP contribution in [0.3, 0.4) is 0 Å². The van der Waals surface area contributed by atoms with E-state index in [9.17, 15) is 9.50 Å². The highest BCUT2D eigenvalue weighted by Crippen LogP contribution is 2.31. The molecule has 90 valence electrons. The van der Waals surface area contributed by atoms with Crippen LogP contribution in [0.1, 0.15) is 0 Å². The van der Waals surface area contributed by atoms with E-state index in [0.717, 1.165) is 0 Å². The molecule has 1 aromatic carbocycles. The second-order valence-corrected chi connectivity index (χ2v) is 4.23. The topological polar surface area (TPSA) is 75.7 Å². The van der Waals surface area contributed by atoms with Crippen LogP contribution in [-0.4, -0.2) is 35.8 Å². The van der Waals surface area contributed by atoms with Gasteiger partial charge in [0.05, 0.1) is 19.8 Å². The highest BCUT2D eigenvalue weighted by molar-refractivity contribution is 7.99. The van der Waals surface area contributed by atoms with Gasteiger partial charge in [0.1, 0.15) is 0 Å². The third kappa shape index (κ3) is 3.26. The van der Waals surface area contributed by atoms with Crippen LogP contribution in [0.25, 0.3) is 0 Å². The van der Waals surface area contributed by atoms with Crippen molar-refractivity contribution < 1.29 is 19.3 Å². The molecule has 0 saturated heterocycles. The highest BCUT2D eigenvalue weighted by atomic mass is 32.2. The average molecular weight is 247 g/mol. The highest BCUT2D eigenvalue weighted by Gasteiger charge is 2.10. The second kappa shape index (κ2) is 5.93. The van der Waals surface area contributed by atoms with Crippen molar-refractivity contribution in [2.75, 3.05) is 25.2 Å². The fourth-order valence-corrected chi connectivity index (χ4v) is 1.96. The zero-order valence-corrected chi connectivity index (χ0v) is 9.63. The maximum absolute atomic E-state index is 13.2. The van der Waals surface area contributed by atoms with Gasteiger partial charge in [-0.25, -0.2) is 4.39 Å². The molecule has 0 fully saturated rings. The molecule has 0 radical (unpaired) electrons. The van der Waals surface area contributed by atoms with Crippen LogP contribution >= 0.6 is 11.8 Å². The van der Waals surface area contributed by atoms with Crippen LogP contribution in [-0.2, 0) is 0 Å². The van der Waals surface area contributed by atoms with E-state index in [2.05, 4.69) is 0 Å². The summed E-state index contributed by atoms with van der Waals surface area (Å²) >= 11 is 1.24. The number of anilines is 1. The predicted molar refractivity (Wildman–Crippen MR) is 61.2 cm³/mol. The number of thioether (sulfide) groups is 1. The van der Waals surface area contributed by atoms with Crippen molar-refractivity contribution >= 4 is 17.4 Å². The van der Waals surface area contributed by atoms with E-state index in [0.29, 0.717) is 4.90 Å². The Balaban J connectivity index is 2.79. The monoisotopic (exact) mass is 247 g/mol. The number of hydrogen-bond donors (Lipinski definition) is 3. The zero-order chi connectivity index (χ0) is 12.1. The van der Waals surface area contributed by atoms with Crippen molar-refractivity contribution in [2.45, 2.75) is 11.0 Å². The molecule has 0 aliphatic heterocycles. The number of nitrogen functional groups attached to an aromatic ring is 1. The Morgan fingerprint density at radius 2 is 2.25 bits per heavy atom. The number of ether oxygens (including phenoxy) is 1. The van der Waals surface area contributed by atoms with Crippen LogP contribution in [0.2, 0.25) is 0 Å². The Bertz CT molecular complexity index is 362. The molecule has 0 heterocycles. The van der Waals surface area contributed by atoms with Crippen LogP contribution in [0, 0.1) is 5.82 Å². The molecule has 0 amide bonds. The predicted octanol–water partition coefficient (Wildman–Crippen LogP) is 0.862. The minimum atomic E-state index is -0.819. The first-order valence-electron chi connectivity index (χ1n) is 4.63. The van der Waals surface area contributed by atoms with Gasteiger partial charge in [0.2, 0.25) is 0 Å². The van der Waals surface area contributed by atoms with Crippen molar-refractivity contribution in [1.29, 1.82) is 0 Å². The fourth-order valence-electron chi connectivity index (χ4n) is 1.07. The van der Waals surface area contributed by atoms with Crippen LogP contribution in [0.4, 0.5) is 10.1 Å². The van der Waals surface area contributed by atoms with E-state index in [4.69, 9.17) is 15.6 Å². The standard InChI is InChI=1S/C10H14FNO3S/c1-15-9-3-10(8(12)2-7(9)11)16-5-6(14)4-13/h2-3,6,13-14H,4-5,12H2,1H3. The molecule has 6 heteroatoms. The SMILES string of the molecule is COc1cc(SCC(O)CO)c(N)cc1F. The minimum absolute atomic E-state index is 0.107. The summed E-state index contributed by atoms with van der Waals surface area (Å²) in [6.45, 7) is -0.314. The molecule has 0 spiro atoms. The summed E-state index contributed by atoms with van der Waals surface area (Å²) in [5.41, 5.74) is 5.90. The van der Waals surface area contributed by atoms with Gasteiger partial charge in [0, 0.05) is 22.4 Å². The Morgan fingerprint density at radius 3 is 2.81 bits per heavy atom. The van der Waals surface area contributed by atoms with Gasteiger partial charge >= 0.3 is 0 Å². The van der Waals surface area contributed by atoms with Gasteiger partial charge in [-0.3, -0.25) is 0 Å². The molecule has 1 unspecified atom stereocenters. The summed E-state index contributed by atoms with van der Waals surface area (Å²) in [5, 5.41) is 17.8. The Hall–Kier alpha value is -0.980. The lowest BCUT2D eigenvalue weighted by Gasteiger charge is -2.10. The number of methoxy groups -OCH3 is 1. The molecular formula is C10H14FNO3S. The Morgan fingerprint density at radius 1 is 1.56 bits per heavy atom. The summed E-state index contributed by atoms with van der Waals surface area (Å²) in [6.07, 6.45) is -0.819. The second-order valence-electron chi connectivity index (χ2n) is 3.17. The number of aliphatic hydroxyl groups is 2. The van der Waals surface area contributed by atoms with E-state index >= 15 is 0 Å². The lowest BCUT2D eigenvalue weighted by atomic mass is 10.3. The van der Waals surface area contributed by atoms with Gasteiger partial charge in [0.25, 0.3) is 0 Å². The lowest BCUT2D eigenvalue weighted by molar-refractivity contribution is 0.113. The van der Waals surface area contributed by atoms with Crippen LogP contribution in [0.15, 0.2) is 17.0 Å². The molecule has 0 bridgehead atoms. The number of benzene rings is 1. The maximum atomic E-state index is 13.2. The van der Waals surface area contributed by atoms with Gasteiger partial charge in [-0.1, -0.05) is 0 Å². The van der Waals surface area contributed by atoms with Crippen LogP contribution in [0.5, 0.6) is 5.75 Å². The zero-order valence-electron chi connectivity index (χ0n) is 8.81. The van der Waals surface area contributed by atoms with Gasteiger partial charge in [0.15, 0.2) is 11.6 Å². The van der Waals surface area contributed by atoms with Gasteiger partial charge < -0.3 is 20.7 Å². The molecule has 1 rings (SSSR count). The molecule has 0 aromatic heterocycles. The van der Waals surface area contributed by atoms with E-state index in [1.807, 2.05) is 0 Å². The summed E-state index contributed by atoms with van der Waals surface area (Å²) in [6, 6.07) is 2.64. The molecule has 1 aromatic rings. The van der Waals surface area contributed by atoms with Crippen LogP contribution < -0.4 is 10.5 Å². The molecule has 4 nitrogen and oxygen atoms in total. The first kappa shape index (κ1) is 13.1. The summed E-state index contributed by atoms with van der Waals surface area (Å²) in [7, 11) is 1.37. The third-order valence-electron chi connectivity index (χ3n) is 1.93. The van der Waals surface area contributed by atoms with E-state index < -0.39 is 11.9 Å². The quantitative estimate of drug-likeness (QED) is 0.531. The molecule has 1 atom stereocenters. The fraction of sp³-hybridized carbons (Fsp3) is 0.400. The average Bonchev–Trinajstić information content (AvgIpc) is 2.27. The smallest absolute Gasteiger partial charge is 0.167 e. The summed E-state index contributed by atoms with van der Waals surface area (Å²) in [5.74, 6) is -0.127. The van der Waals surface area contributed by atoms with Crippen molar-refractivity contribution in [3.8, 4) is 5.75 Å². The van der Waals surface area contributed by atoms with Gasteiger partial charge in [-0.15, -0.1) is 11.8 Å². The molecule has 0 aliphatic carbocycles. The largest absolute Gasteiger partial charge is 0.494 e. The van der Waals surface area contributed by atoms with Crippen molar-refractivity contribution in [3.05, 3.63) is 17.9 Å². The van der Waals surface area contributed by atoms with E-state index in [1.165, 1.54) is 31.0 Å². The van der Waals surface area contributed by atoms with E-state index in [-0.39, 0.29) is 23.8 Å². The van der Waals surface area contributed by atoms with Crippen molar-refractivity contribution in [1.82, 2.24) is 0 Å². The first-order valence-corrected chi connectivity index (χ1v) is 5.61. The summed E-state index contributed by atoms with van der Waals surface area (Å²) < 4.78 is 18.0. The number of aliphatic hydroxyl groups excluding tert-OH is 2. The molecule has 16 heavy (non-hydrogen) atoms. The van der Waals surface area contributed by atoms with Crippen molar-refractivity contribution in [3.63, 3.8) is 0 Å². The number of hydrogen-bond acceptors (Lipinski definition) is 5. The number of rotatable bonds is 5. The minimum Gasteiger partial charge on any atom is -0.494 e. The summed E-state index contributed by atoms with van der Waals surface area (Å²) in [4.78, 5) is 0.616. The molecule has 0 saturated carbocycles. The molecule has 4 N–H and O–H groups in total. The molecular weight excluding hydrogens is 233 g/mol. The third-order valence-corrected chi connectivity index (χ3v) is 3.14. The maximum Gasteiger partial charge on any atom is 0.167 e. The van der Waals surface area contributed by atoms with Crippen molar-refractivity contribution in [2.24, 2.45) is 0 Å². The normalized spacial score (nSPS) is 12.5. The van der Waals surface area contributed by atoms with Gasteiger partial charge in [-0.05, 0) is 6.07 Å². The molecule has 0 aliphatic rings. The first-order chi connectivity index (χ1) is 7.58.